The zero-order chi connectivity index (χ0) is 17.3. The molecule has 0 saturated heterocycles. The largest absolute Gasteiger partial charge is 1.00 e. The molecule has 0 aliphatic rings. The maximum atomic E-state index is 6.17. The van der Waals surface area contributed by atoms with Crippen LogP contribution in [0, 0.1) is 6.23 Å². The summed E-state index contributed by atoms with van der Waals surface area (Å²) in [7, 11) is 0. The SMILES string of the molecule is CCCCCCCC[C-](Oc1ccccc1)n1nnc2ccccc21.[Li+]. The fourth-order valence-electron chi connectivity index (χ4n) is 2.93. The average Bonchev–Trinajstić information content (AvgIpc) is 3.08. The number of rotatable bonds is 10. The van der Waals surface area contributed by atoms with Gasteiger partial charge in [-0.3, -0.25) is 0 Å². The van der Waals surface area contributed by atoms with Crippen LogP contribution in [0.5, 0.6) is 5.75 Å². The number of para-hydroxylation sites is 2. The normalized spacial score (nSPS) is 10.5. The first-order chi connectivity index (χ1) is 12.4. The Balaban J connectivity index is 0.00000243. The summed E-state index contributed by atoms with van der Waals surface area (Å²) in [5.74, 6) is 0.836. The maximum absolute atomic E-state index is 6.17. The van der Waals surface area contributed by atoms with Crippen molar-refractivity contribution in [2.24, 2.45) is 0 Å². The van der Waals surface area contributed by atoms with Crippen molar-refractivity contribution in [1.29, 1.82) is 0 Å². The second-order valence-corrected chi connectivity index (χ2v) is 6.32. The van der Waals surface area contributed by atoms with Gasteiger partial charge in [-0.25, -0.2) is 0 Å². The zero-order valence-electron chi connectivity index (χ0n) is 15.9. The molecule has 0 aliphatic heterocycles. The molecule has 26 heavy (non-hydrogen) atoms. The number of benzene rings is 2. The van der Waals surface area contributed by atoms with Crippen LogP contribution in [-0.2, 0) is 0 Å². The topological polar surface area (TPSA) is 39.9 Å². The van der Waals surface area contributed by atoms with Gasteiger partial charge >= 0.3 is 18.9 Å². The predicted octanol–water partition coefficient (Wildman–Crippen LogP) is 2.60. The number of fused-ring (bicyclic) bond motifs is 1. The Morgan fingerprint density at radius 3 is 2.38 bits per heavy atom. The van der Waals surface area contributed by atoms with E-state index in [1.54, 1.807) is 0 Å². The van der Waals surface area contributed by atoms with Crippen molar-refractivity contribution in [3.05, 3.63) is 60.8 Å². The van der Waals surface area contributed by atoms with Crippen molar-refractivity contribution in [1.82, 2.24) is 15.0 Å². The average molecular weight is 343 g/mol. The van der Waals surface area contributed by atoms with Crippen molar-refractivity contribution in [3.8, 4) is 5.75 Å². The number of nitrogens with zero attached hydrogens (tertiary/aromatic N) is 3. The van der Waals surface area contributed by atoms with Crippen LogP contribution in [-0.4, -0.2) is 15.0 Å². The van der Waals surface area contributed by atoms with Crippen molar-refractivity contribution in [2.45, 2.75) is 51.9 Å². The number of ether oxygens (including phenoxy) is 1. The van der Waals surface area contributed by atoms with E-state index in [1.165, 1.54) is 32.1 Å². The van der Waals surface area contributed by atoms with E-state index < -0.39 is 0 Å². The molecule has 4 nitrogen and oxygen atoms in total. The zero-order valence-corrected chi connectivity index (χ0v) is 15.9. The van der Waals surface area contributed by atoms with Crippen LogP contribution in [0.25, 0.3) is 11.0 Å². The minimum Gasteiger partial charge on any atom is -0.531 e. The van der Waals surface area contributed by atoms with Crippen LogP contribution in [0.3, 0.4) is 0 Å². The molecule has 0 unspecified atom stereocenters. The molecule has 0 saturated carbocycles. The van der Waals surface area contributed by atoms with Crippen molar-refractivity contribution < 1.29 is 23.6 Å². The first-order valence-electron chi connectivity index (χ1n) is 9.28. The Hall–Kier alpha value is -1.89. The molecule has 0 N–H and O–H groups in total. The van der Waals surface area contributed by atoms with Gasteiger partial charge in [0.2, 0.25) is 0 Å². The molecule has 1 aromatic heterocycles. The Labute approximate surface area is 168 Å². The van der Waals surface area contributed by atoms with E-state index in [1.807, 2.05) is 59.3 Å². The number of hydrogen-bond donors (Lipinski definition) is 0. The molecule has 3 rings (SSSR count). The summed E-state index contributed by atoms with van der Waals surface area (Å²) < 4.78 is 8.01. The summed E-state index contributed by atoms with van der Waals surface area (Å²) in [6.45, 7) is 2.25. The first kappa shape index (κ1) is 20.4. The van der Waals surface area contributed by atoms with Crippen molar-refractivity contribution in [2.75, 3.05) is 0 Å². The van der Waals surface area contributed by atoms with Crippen LogP contribution in [0.15, 0.2) is 54.6 Å². The smallest absolute Gasteiger partial charge is 0.531 e. The standard InChI is InChI=1S/C21H26N3O.Li/c1-2-3-4-5-6-10-17-21(25-18-13-8-7-9-14-18)24-20-16-12-11-15-19(20)22-23-24;/h7-9,11-16H,2-6,10,17H2,1H3;/q-1;+1. The third kappa shape index (κ3) is 5.56. The molecule has 132 valence electrons. The summed E-state index contributed by atoms with van der Waals surface area (Å²) in [5, 5.41) is 8.59. The fourth-order valence-corrected chi connectivity index (χ4v) is 2.93. The molecule has 0 spiro atoms. The minimum absolute atomic E-state index is 0. The van der Waals surface area contributed by atoms with Gasteiger partial charge in [0, 0.05) is 11.7 Å². The number of unbranched alkanes of at least 4 members (excludes halogenated alkanes) is 5. The van der Waals surface area contributed by atoms with Gasteiger partial charge in [-0.2, -0.15) is 5.10 Å². The first-order valence-corrected chi connectivity index (χ1v) is 9.28. The Bertz CT molecular complexity index is 760. The van der Waals surface area contributed by atoms with Gasteiger partial charge in [0.1, 0.15) is 5.75 Å². The predicted molar refractivity (Wildman–Crippen MR) is 101 cm³/mol. The minimum atomic E-state index is 0. The van der Waals surface area contributed by atoms with Crippen LogP contribution < -0.4 is 23.6 Å². The molecule has 2 aromatic carbocycles. The molecule has 0 fully saturated rings. The molecule has 1 heterocycles. The van der Waals surface area contributed by atoms with Crippen molar-refractivity contribution in [3.63, 3.8) is 0 Å². The van der Waals surface area contributed by atoms with Gasteiger partial charge in [0.15, 0.2) is 0 Å². The molecule has 5 heteroatoms. The molecule has 0 amide bonds. The van der Waals surface area contributed by atoms with Crippen LogP contribution in [0.4, 0.5) is 0 Å². The van der Waals surface area contributed by atoms with Gasteiger partial charge < -0.3 is 9.42 Å². The number of hydrogen-bond acceptors (Lipinski definition) is 3. The molecule has 3 aromatic rings. The summed E-state index contributed by atoms with van der Waals surface area (Å²) in [6.07, 6.45) is 9.21. The summed E-state index contributed by atoms with van der Waals surface area (Å²) in [4.78, 5) is 0. The third-order valence-electron chi connectivity index (χ3n) is 4.31. The van der Waals surface area contributed by atoms with Gasteiger partial charge in [0.05, 0.1) is 0 Å². The quantitative estimate of drug-likeness (QED) is 0.323. The molecular weight excluding hydrogens is 317 g/mol. The summed E-state index contributed by atoms with van der Waals surface area (Å²) in [5.41, 5.74) is 1.87. The van der Waals surface area contributed by atoms with E-state index in [0.717, 1.165) is 35.9 Å². The monoisotopic (exact) mass is 343 g/mol. The van der Waals surface area contributed by atoms with Gasteiger partial charge in [-0.15, -0.1) is 6.07 Å². The van der Waals surface area contributed by atoms with Gasteiger partial charge in [-0.1, -0.05) is 92.6 Å². The Morgan fingerprint density at radius 1 is 0.885 bits per heavy atom. The molecule has 0 radical (unpaired) electrons. The number of aromatic nitrogens is 3. The van der Waals surface area contributed by atoms with Crippen LogP contribution >= 0.6 is 0 Å². The Morgan fingerprint density at radius 2 is 1.58 bits per heavy atom. The Kier molecular flexibility index (Phi) is 8.60. The second kappa shape index (κ2) is 11.0. The van der Waals surface area contributed by atoms with E-state index in [2.05, 4.69) is 17.2 Å². The molecule has 0 atom stereocenters. The van der Waals surface area contributed by atoms with Crippen LogP contribution in [0.2, 0.25) is 0 Å². The summed E-state index contributed by atoms with van der Waals surface area (Å²) in [6, 6.07) is 17.9. The van der Waals surface area contributed by atoms with Crippen LogP contribution in [0.1, 0.15) is 51.9 Å². The van der Waals surface area contributed by atoms with Gasteiger partial charge in [0.25, 0.3) is 0 Å². The molecular formula is C21H26LiN3O. The summed E-state index contributed by atoms with van der Waals surface area (Å²) >= 11 is 0. The third-order valence-corrected chi connectivity index (χ3v) is 4.31. The van der Waals surface area contributed by atoms with E-state index in [4.69, 9.17) is 4.74 Å². The maximum Gasteiger partial charge on any atom is 1.00 e. The molecule has 0 bridgehead atoms. The van der Waals surface area contributed by atoms with Crippen molar-refractivity contribution >= 4 is 11.0 Å². The second-order valence-electron chi connectivity index (χ2n) is 6.32. The van der Waals surface area contributed by atoms with Gasteiger partial charge in [-0.05, 0) is 18.6 Å². The fraction of sp³-hybridized carbons (Fsp3) is 0.381. The van der Waals surface area contributed by atoms with E-state index >= 15 is 0 Å². The van der Waals surface area contributed by atoms with E-state index in [0.29, 0.717) is 0 Å². The molecule has 0 aliphatic carbocycles. The van der Waals surface area contributed by atoms with E-state index in [9.17, 15) is 0 Å². The van der Waals surface area contributed by atoms with E-state index in [-0.39, 0.29) is 18.9 Å².